The summed E-state index contributed by atoms with van der Waals surface area (Å²) < 4.78 is 7.15. The van der Waals surface area contributed by atoms with Crippen molar-refractivity contribution in [2.45, 2.75) is 6.92 Å². The van der Waals surface area contributed by atoms with Gasteiger partial charge in [-0.1, -0.05) is 11.6 Å². The van der Waals surface area contributed by atoms with E-state index in [2.05, 4.69) is 15.3 Å². The average Bonchev–Trinajstić information content (AvgIpc) is 2.90. The summed E-state index contributed by atoms with van der Waals surface area (Å²) in [5.41, 5.74) is 8.18. The molecule has 0 fully saturated rings. The van der Waals surface area contributed by atoms with Crippen LogP contribution < -0.4 is 15.8 Å². The molecule has 0 unspecified atom stereocenters. The monoisotopic (exact) mass is 303 g/mol. The molecule has 2 heterocycles. The molecule has 0 saturated heterocycles. The number of rotatable bonds is 3. The van der Waals surface area contributed by atoms with E-state index in [1.807, 2.05) is 19.2 Å². The first-order valence-corrected chi connectivity index (χ1v) is 6.66. The maximum absolute atomic E-state index is 6.11. The number of nitrogens with one attached hydrogen (secondary N) is 1. The number of nitrogens with zero attached hydrogens (tertiary/aromatic N) is 3. The summed E-state index contributed by atoms with van der Waals surface area (Å²) in [4.78, 5) is 8.56. The Morgan fingerprint density at radius 3 is 2.95 bits per heavy atom. The first-order chi connectivity index (χ1) is 10.1. The Balaban J connectivity index is 2.10. The molecule has 0 bridgehead atoms. The first kappa shape index (κ1) is 13.5. The molecule has 3 aromatic rings. The Morgan fingerprint density at radius 1 is 1.38 bits per heavy atom. The van der Waals surface area contributed by atoms with Gasteiger partial charge in [0.05, 0.1) is 19.0 Å². The fraction of sp³-hybridized carbons (Fsp3) is 0.143. The standard InChI is InChI=1S/C14H14ClN5O/c1-8-5-10(11(21-2)6-9(8)15)18-13-14-17-3-4-20(14)7-12(16)19-13/h3-7H,16H2,1-2H3,(H,18,19). The molecule has 0 amide bonds. The van der Waals surface area contributed by atoms with Crippen molar-refractivity contribution < 1.29 is 4.74 Å². The predicted octanol–water partition coefficient (Wildman–Crippen LogP) is 3.03. The number of hydrogen-bond donors (Lipinski definition) is 2. The zero-order chi connectivity index (χ0) is 15.0. The summed E-state index contributed by atoms with van der Waals surface area (Å²) in [5.74, 6) is 1.58. The van der Waals surface area contributed by atoms with Crippen LogP contribution in [0.4, 0.5) is 17.3 Å². The van der Waals surface area contributed by atoms with Crippen LogP contribution in [0.15, 0.2) is 30.7 Å². The number of imidazole rings is 1. The number of aromatic nitrogens is 3. The van der Waals surface area contributed by atoms with E-state index in [0.29, 0.717) is 28.1 Å². The van der Waals surface area contributed by atoms with E-state index in [1.54, 1.807) is 30.0 Å². The largest absolute Gasteiger partial charge is 0.495 e. The lowest BCUT2D eigenvalue weighted by Crippen LogP contribution is -2.03. The highest BCUT2D eigenvalue weighted by molar-refractivity contribution is 6.31. The maximum atomic E-state index is 6.11. The number of halogens is 1. The number of anilines is 3. The highest BCUT2D eigenvalue weighted by Gasteiger charge is 2.11. The molecule has 0 aliphatic carbocycles. The normalized spacial score (nSPS) is 10.8. The lowest BCUT2D eigenvalue weighted by molar-refractivity contribution is 0.416. The fourth-order valence-electron chi connectivity index (χ4n) is 2.09. The lowest BCUT2D eigenvalue weighted by Gasteiger charge is -2.13. The summed E-state index contributed by atoms with van der Waals surface area (Å²) in [5, 5.41) is 3.85. The van der Waals surface area contributed by atoms with E-state index in [4.69, 9.17) is 22.1 Å². The highest BCUT2D eigenvalue weighted by Crippen LogP contribution is 2.33. The second-order valence-electron chi connectivity index (χ2n) is 4.60. The van der Waals surface area contributed by atoms with Gasteiger partial charge in [0.25, 0.3) is 0 Å². The number of nitrogen functional groups attached to an aromatic ring is 1. The molecule has 7 heteroatoms. The summed E-state index contributed by atoms with van der Waals surface area (Å²) in [7, 11) is 1.59. The van der Waals surface area contributed by atoms with Crippen molar-refractivity contribution in [1.82, 2.24) is 14.4 Å². The Kier molecular flexibility index (Phi) is 3.31. The number of ether oxygens (including phenoxy) is 1. The number of methoxy groups -OCH3 is 1. The van der Waals surface area contributed by atoms with Gasteiger partial charge >= 0.3 is 0 Å². The van der Waals surface area contributed by atoms with E-state index in [9.17, 15) is 0 Å². The molecule has 0 saturated carbocycles. The molecule has 0 spiro atoms. The Bertz CT molecular complexity index is 814. The van der Waals surface area contributed by atoms with E-state index in [-0.39, 0.29) is 0 Å². The number of hydrogen-bond acceptors (Lipinski definition) is 5. The summed E-state index contributed by atoms with van der Waals surface area (Å²) >= 11 is 6.11. The lowest BCUT2D eigenvalue weighted by atomic mass is 10.2. The van der Waals surface area contributed by atoms with E-state index in [0.717, 1.165) is 11.3 Å². The van der Waals surface area contributed by atoms with Crippen LogP contribution in [0.1, 0.15) is 5.56 Å². The summed E-state index contributed by atoms with van der Waals surface area (Å²) in [6, 6.07) is 3.65. The molecule has 0 radical (unpaired) electrons. The van der Waals surface area contributed by atoms with Gasteiger partial charge in [0.2, 0.25) is 0 Å². The zero-order valence-corrected chi connectivity index (χ0v) is 12.3. The second-order valence-corrected chi connectivity index (χ2v) is 5.01. The van der Waals surface area contributed by atoms with Crippen molar-refractivity contribution in [3.05, 3.63) is 41.3 Å². The van der Waals surface area contributed by atoms with Crippen LogP contribution in [0.25, 0.3) is 5.65 Å². The van der Waals surface area contributed by atoms with Crippen LogP contribution >= 0.6 is 11.6 Å². The van der Waals surface area contributed by atoms with Gasteiger partial charge in [0.15, 0.2) is 11.5 Å². The van der Waals surface area contributed by atoms with Crippen molar-refractivity contribution in [1.29, 1.82) is 0 Å². The average molecular weight is 304 g/mol. The minimum absolute atomic E-state index is 0.396. The minimum atomic E-state index is 0.396. The van der Waals surface area contributed by atoms with Crippen molar-refractivity contribution >= 4 is 34.6 Å². The molecule has 6 nitrogen and oxygen atoms in total. The topological polar surface area (TPSA) is 77.5 Å². The Hall–Kier alpha value is -2.47. The molecule has 3 rings (SSSR count). The molecule has 21 heavy (non-hydrogen) atoms. The van der Waals surface area contributed by atoms with Gasteiger partial charge in [0.1, 0.15) is 11.6 Å². The zero-order valence-electron chi connectivity index (χ0n) is 11.6. The maximum Gasteiger partial charge on any atom is 0.180 e. The van der Waals surface area contributed by atoms with Crippen molar-refractivity contribution in [3.63, 3.8) is 0 Å². The number of fused-ring (bicyclic) bond motifs is 1. The van der Waals surface area contributed by atoms with E-state index >= 15 is 0 Å². The predicted molar refractivity (Wildman–Crippen MR) is 83.4 cm³/mol. The third-order valence-corrected chi connectivity index (χ3v) is 3.53. The third kappa shape index (κ3) is 2.45. The first-order valence-electron chi connectivity index (χ1n) is 6.29. The van der Waals surface area contributed by atoms with Gasteiger partial charge in [-0.25, -0.2) is 9.97 Å². The molecule has 108 valence electrons. The molecular formula is C14H14ClN5O. The molecule has 0 atom stereocenters. The molecule has 2 aromatic heterocycles. The number of aryl methyl sites for hydroxylation is 1. The van der Waals surface area contributed by atoms with Gasteiger partial charge in [-0.3, -0.25) is 0 Å². The van der Waals surface area contributed by atoms with Gasteiger partial charge in [-0.15, -0.1) is 0 Å². The number of nitrogens with two attached hydrogens (primary N) is 1. The van der Waals surface area contributed by atoms with Crippen LogP contribution in [0.3, 0.4) is 0 Å². The van der Waals surface area contributed by atoms with Crippen LogP contribution in [-0.4, -0.2) is 21.5 Å². The van der Waals surface area contributed by atoms with E-state index in [1.165, 1.54) is 0 Å². The van der Waals surface area contributed by atoms with Crippen LogP contribution in [0.2, 0.25) is 5.02 Å². The SMILES string of the molecule is COc1cc(Cl)c(C)cc1Nc1nc(N)cn2ccnc12. The van der Waals surface area contributed by atoms with Gasteiger partial charge in [0, 0.05) is 23.5 Å². The van der Waals surface area contributed by atoms with E-state index < -0.39 is 0 Å². The van der Waals surface area contributed by atoms with Crippen LogP contribution in [0, 0.1) is 6.92 Å². The van der Waals surface area contributed by atoms with Crippen molar-refractivity contribution in [2.75, 3.05) is 18.2 Å². The highest BCUT2D eigenvalue weighted by atomic mass is 35.5. The summed E-state index contributed by atoms with van der Waals surface area (Å²) in [6.07, 6.45) is 5.20. The Labute approximate surface area is 126 Å². The molecular weight excluding hydrogens is 290 g/mol. The number of benzene rings is 1. The quantitative estimate of drug-likeness (QED) is 0.777. The van der Waals surface area contributed by atoms with Gasteiger partial charge < -0.3 is 20.2 Å². The van der Waals surface area contributed by atoms with Gasteiger partial charge in [-0.05, 0) is 18.6 Å². The molecule has 0 aliphatic heterocycles. The minimum Gasteiger partial charge on any atom is -0.495 e. The molecule has 3 N–H and O–H groups in total. The van der Waals surface area contributed by atoms with Crippen molar-refractivity contribution in [2.24, 2.45) is 0 Å². The van der Waals surface area contributed by atoms with Crippen LogP contribution in [-0.2, 0) is 0 Å². The van der Waals surface area contributed by atoms with Crippen LogP contribution in [0.5, 0.6) is 5.75 Å². The van der Waals surface area contributed by atoms with Crippen molar-refractivity contribution in [3.8, 4) is 5.75 Å². The third-order valence-electron chi connectivity index (χ3n) is 3.13. The fourth-order valence-corrected chi connectivity index (χ4v) is 2.25. The second kappa shape index (κ2) is 5.14. The smallest absolute Gasteiger partial charge is 0.180 e. The molecule has 1 aromatic carbocycles. The Morgan fingerprint density at radius 2 is 2.19 bits per heavy atom. The van der Waals surface area contributed by atoms with Gasteiger partial charge in [-0.2, -0.15) is 0 Å². The summed E-state index contributed by atoms with van der Waals surface area (Å²) in [6.45, 7) is 1.92. The molecule has 0 aliphatic rings.